The quantitative estimate of drug-likeness (QED) is 0.389. The minimum absolute atomic E-state index is 0.000966. The highest BCUT2D eigenvalue weighted by Gasteiger charge is 2.28. The number of benzene rings is 1. The van der Waals surface area contributed by atoms with Crippen LogP contribution in [0.5, 0.6) is 11.8 Å². The van der Waals surface area contributed by atoms with Gasteiger partial charge in [0.25, 0.3) is 6.01 Å². The molecule has 0 spiro atoms. The second-order valence-electron chi connectivity index (χ2n) is 8.49. The number of hydrogen-bond acceptors (Lipinski definition) is 7. The number of imidazole rings is 1. The van der Waals surface area contributed by atoms with Gasteiger partial charge in [-0.3, -0.25) is 4.57 Å². The van der Waals surface area contributed by atoms with Crippen molar-refractivity contribution in [2.24, 2.45) is 7.05 Å². The molecule has 1 unspecified atom stereocenters. The van der Waals surface area contributed by atoms with Crippen molar-refractivity contribution in [3.63, 3.8) is 0 Å². The molecule has 2 aliphatic carbocycles. The summed E-state index contributed by atoms with van der Waals surface area (Å²) in [5.41, 5.74) is 0.102. The summed E-state index contributed by atoms with van der Waals surface area (Å²) in [6, 6.07) is 1.60. The number of ether oxygens (including phenoxy) is 2. The Morgan fingerprint density at radius 2 is 1.88 bits per heavy atom. The molecular formula is C24H36F2N4O4. The van der Waals surface area contributed by atoms with Crippen LogP contribution in [-0.4, -0.2) is 59.1 Å². The molecule has 0 aliphatic heterocycles. The van der Waals surface area contributed by atoms with Crippen molar-refractivity contribution in [1.29, 1.82) is 5.41 Å². The van der Waals surface area contributed by atoms with Gasteiger partial charge in [-0.05, 0) is 52.5 Å². The number of halogens is 2. The van der Waals surface area contributed by atoms with E-state index in [0.717, 1.165) is 50.8 Å². The Morgan fingerprint density at radius 3 is 2.35 bits per heavy atom. The fraction of sp³-hybridized carbons (Fsp3) is 0.625. The SMILES string of the molecule is CNC(C)CO.Cn1c(OC2CCCCC2)nc2c(F)cc(OC3CC3)c(F)c21.N=CCC=O. The number of aliphatic hydroxyl groups is 1. The first kappa shape index (κ1) is 27.7. The number of carbonyl (C=O) groups is 1. The lowest BCUT2D eigenvalue weighted by Crippen LogP contribution is -2.24. The number of aromatic nitrogens is 2. The molecule has 4 rings (SSSR count). The zero-order valence-electron chi connectivity index (χ0n) is 20.2. The van der Waals surface area contributed by atoms with E-state index in [2.05, 4.69) is 10.3 Å². The molecule has 10 heteroatoms. The van der Waals surface area contributed by atoms with Crippen molar-refractivity contribution < 1.29 is 28.2 Å². The van der Waals surface area contributed by atoms with Crippen molar-refractivity contribution in [3.8, 4) is 11.8 Å². The van der Waals surface area contributed by atoms with Crippen LogP contribution in [0.15, 0.2) is 6.07 Å². The number of aryl methyl sites for hydroxylation is 1. The lowest BCUT2D eigenvalue weighted by Gasteiger charge is -2.22. The van der Waals surface area contributed by atoms with Crippen LogP contribution in [0.1, 0.15) is 58.3 Å². The predicted octanol–water partition coefficient (Wildman–Crippen LogP) is 3.92. The van der Waals surface area contributed by atoms with Crippen molar-refractivity contribution >= 4 is 23.5 Å². The molecule has 3 N–H and O–H groups in total. The van der Waals surface area contributed by atoms with E-state index in [1.54, 1.807) is 7.05 Å². The van der Waals surface area contributed by atoms with Gasteiger partial charge < -0.3 is 30.1 Å². The largest absolute Gasteiger partial charge is 0.487 e. The average molecular weight is 483 g/mol. The Hall–Kier alpha value is -2.59. The first-order valence-corrected chi connectivity index (χ1v) is 11.7. The second kappa shape index (κ2) is 14.0. The summed E-state index contributed by atoms with van der Waals surface area (Å²) in [5.74, 6) is -1.18. The van der Waals surface area contributed by atoms with Crippen molar-refractivity contribution in [2.75, 3.05) is 13.7 Å². The van der Waals surface area contributed by atoms with E-state index < -0.39 is 11.6 Å². The van der Waals surface area contributed by atoms with Crippen LogP contribution < -0.4 is 14.8 Å². The highest BCUT2D eigenvalue weighted by molar-refractivity contribution is 5.80. The minimum Gasteiger partial charge on any atom is -0.487 e. The summed E-state index contributed by atoms with van der Waals surface area (Å²) in [5, 5.41) is 17.4. The number of aldehydes is 1. The molecule has 190 valence electrons. The molecule has 2 aromatic rings. The third kappa shape index (κ3) is 8.02. The van der Waals surface area contributed by atoms with Gasteiger partial charge in [0.1, 0.15) is 23.4 Å². The monoisotopic (exact) mass is 482 g/mol. The maximum atomic E-state index is 14.7. The summed E-state index contributed by atoms with van der Waals surface area (Å²) in [7, 11) is 3.47. The van der Waals surface area contributed by atoms with E-state index in [4.69, 9.17) is 20.0 Å². The van der Waals surface area contributed by atoms with E-state index in [-0.39, 0.29) is 54.1 Å². The van der Waals surface area contributed by atoms with Gasteiger partial charge in [-0.1, -0.05) is 6.42 Å². The van der Waals surface area contributed by atoms with Gasteiger partial charge in [0.05, 0.1) is 12.7 Å². The lowest BCUT2D eigenvalue weighted by molar-refractivity contribution is -0.106. The van der Waals surface area contributed by atoms with Gasteiger partial charge in [0, 0.05) is 31.8 Å². The maximum Gasteiger partial charge on any atom is 0.297 e. The lowest BCUT2D eigenvalue weighted by atomic mass is 9.98. The molecule has 0 saturated heterocycles. The highest BCUT2D eigenvalue weighted by atomic mass is 19.1. The van der Waals surface area contributed by atoms with Gasteiger partial charge in [-0.2, -0.15) is 4.98 Å². The number of fused-ring (bicyclic) bond motifs is 1. The number of aliphatic hydroxyl groups excluding tert-OH is 1. The smallest absolute Gasteiger partial charge is 0.297 e. The normalized spacial score (nSPS) is 16.5. The molecule has 1 aromatic heterocycles. The van der Waals surface area contributed by atoms with Crippen LogP contribution in [0.25, 0.3) is 11.0 Å². The fourth-order valence-electron chi connectivity index (χ4n) is 3.29. The highest BCUT2D eigenvalue weighted by Crippen LogP contribution is 2.35. The van der Waals surface area contributed by atoms with Crippen LogP contribution >= 0.6 is 0 Å². The summed E-state index contributed by atoms with van der Waals surface area (Å²) in [4.78, 5) is 13.4. The number of nitrogens with zero attached hydrogens (tertiary/aromatic N) is 2. The van der Waals surface area contributed by atoms with E-state index in [1.165, 1.54) is 11.0 Å². The number of likely N-dealkylation sites (N-methyl/N-ethyl adjacent to an activating group) is 1. The Balaban J connectivity index is 0.000000313. The molecule has 1 aromatic carbocycles. The average Bonchev–Trinajstić information content (AvgIpc) is 3.61. The van der Waals surface area contributed by atoms with Gasteiger partial charge in [-0.15, -0.1) is 0 Å². The Kier molecular flexibility index (Phi) is 11.4. The Labute approximate surface area is 199 Å². The van der Waals surface area contributed by atoms with E-state index in [1.807, 2.05) is 14.0 Å². The topological polar surface area (TPSA) is 109 Å². The maximum absolute atomic E-state index is 14.7. The molecule has 0 bridgehead atoms. The molecule has 2 aliphatic rings. The van der Waals surface area contributed by atoms with E-state index in [0.29, 0.717) is 6.29 Å². The van der Waals surface area contributed by atoms with Crippen LogP contribution in [0.3, 0.4) is 0 Å². The first-order chi connectivity index (χ1) is 16.4. The third-order valence-corrected chi connectivity index (χ3v) is 5.59. The fourth-order valence-corrected chi connectivity index (χ4v) is 3.29. The third-order valence-electron chi connectivity index (χ3n) is 5.59. The van der Waals surface area contributed by atoms with Crippen molar-refractivity contribution in [3.05, 3.63) is 17.7 Å². The molecule has 8 nitrogen and oxygen atoms in total. The summed E-state index contributed by atoms with van der Waals surface area (Å²) >= 11 is 0. The number of rotatable bonds is 8. The Morgan fingerprint density at radius 1 is 1.24 bits per heavy atom. The summed E-state index contributed by atoms with van der Waals surface area (Å²) < 4.78 is 41.8. The second-order valence-corrected chi connectivity index (χ2v) is 8.49. The number of carbonyl (C=O) groups excluding carboxylic acids is 1. The molecule has 1 heterocycles. The zero-order chi connectivity index (χ0) is 25.1. The Bertz CT molecular complexity index is 918. The summed E-state index contributed by atoms with van der Waals surface area (Å²) in [6.45, 7) is 2.14. The summed E-state index contributed by atoms with van der Waals surface area (Å²) in [6.07, 6.45) is 9.25. The van der Waals surface area contributed by atoms with Gasteiger partial charge in [-0.25, -0.2) is 8.78 Å². The van der Waals surface area contributed by atoms with Gasteiger partial charge in [0.2, 0.25) is 0 Å². The zero-order valence-corrected chi connectivity index (χ0v) is 20.2. The first-order valence-electron chi connectivity index (χ1n) is 11.7. The van der Waals surface area contributed by atoms with Crippen LogP contribution in [0, 0.1) is 17.0 Å². The van der Waals surface area contributed by atoms with Gasteiger partial charge in [0.15, 0.2) is 17.4 Å². The molecule has 1 atom stereocenters. The molecule has 2 fully saturated rings. The number of nitrogens with one attached hydrogen (secondary N) is 2. The molecule has 0 amide bonds. The van der Waals surface area contributed by atoms with Crippen LogP contribution in [0.4, 0.5) is 8.78 Å². The van der Waals surface area contributed by atoms with Crippen molar-refractivity contribution in [1.82, 2.24) is 14.9 Å². The van der Waals surface area contributed by atoms with E-state index >= 15 is 0 Å². The predicted molar refractivity (Wildman–Crippen MR) is 127 cm³/mol. The standard InChI is InChI=1S/C17H20F2N2O2.C4H11NO.C3H5NO/c1-21-16-14(19)13(22-11-7-8-11)9-12(18)15(16)20-17(21)23-10-5-3-2-4-6-10;1-4(3-6)5-2;4-2-1-3-5/h9-11H,2-8H2,1H3;4-6H,3H2,1-2H3;2-4H,1H2. The van der Waals surface area contributed by atoms with Crippen LogP contribution in [-0.2, 0) is 11.8 Å². The number of hydrogen-bond donors (Lipinski definition) is 3. The minimum atomic E-state index is -0.578. The molecule has 2 saturated carbocycles. The van der Waals surface area contributed by atoms with Gasteiger partial charge >= 0.3 is 0 Å². The molecule has 34 heavy (non-hydrogen) atoms. The molecule has 0 radical (unpaired) electrons. The van der Waals surface area contributed by atoms with Crippen molar-refractivity contribution in [2.45, 2.75) is 76.5 Å². The van der Waals surface area contributed by atoms with E-state index in [9.17, 15) is 13.6 Å². The molecular weight excluding hydrogens is 446 g/mol. The van der Waals surface area contributed by atoms with Crippen LogP contribution in [0.2, 0.25) is 0 Å².